The molecule has 1 heterocycles. The van der Waals surface area contributed by atoms with Crippen molar-refractivity contribution in [2.45, 2.75) is 24.8 Å². The molecule has 0 atom stereocenters. The summed E-state index contributed by atoms with van der Waals surface area (Å²) in [5, 5.41) is 5.43. The van der Waals surface area contributed by atoms with Gasteiger partial charge in [-0.05, 0) is 60.9 Å². The van der Waals surface area contributed by atoms with Gasteiger partial charge < -0.3 is 14.2 Å². The summed E-state index contributed by atoms with van der Waals surface area (Å²) in [5.41, 5.74) is 0.595. The Morgan fingerprint density at radius 2 is 1.72 bits per heavy atom. The molecule has 0 amide bonds. The molecule has 5 rings (SSSR count). The number of hydrogen-bond acceptors (Lipinski definition) is 6. The van der Waals surface area contributed by atoms with E-state index >= 15 is 0 Å². The Kier molecular flexibility index (Phi) is 5.96. The first kappa shape index (κ1) is 23.5. The third-order valence-electron chi connectivity index (χ3n) is 6.78. The molecular formula is C28H25FN2O5. The largest absolute Gasteiger partial charge is 0.497 e. The summed E-state index contributed by atoms with van der Waals surface area (Å²) < 4.78 is 31.3. The predicted octanol–water partition coefficient (Wildman–Crippen LogP) is 4.53. The van der Waals surface area contributed by atoms with E-state index in [0.717, 1.165) is 5.56 Å². The van der Waals surface area contributed by atoms with Gasteiger partial charge >= 0.3 is 0 Å². The van der Waals surface area contributed by atoms with E-state index in [2.05, 4.69) is 5.10 Å². The van der Waals surface area contributed by atoms with E-state index in [1.54, 1.807) is 50.6 Å². The molecule has 0 unspecified atom stereocenters. The number of aromatic nitrogens is 2. The second-order valence-corrected chi connectivity index (χ2v) is 8.81. The number of ether oxygens (including phenoxy) is 3. The molecule has 1 aromatic heterocycles. The van der Waals surface area contributed by atoms with Gasteiger partial charge in [0.2, 0.25) is 0 Å². The summed E-state index contributed by atoms with van der Waals surface area (Å²) in [5.74, 6) is 1.06. The molecule has 0 aliphatic heterocycles. The summed E-state index contributed by atoms with van der Waals surface area (Å²) in [6.45, 7) is -0.220. The zero-order chi connectivity index (χ0) is 25.4. The van der Waals surface area contributed by atoms with E-state index in [-0.39, 0.29) is 12.3 Å². The molecule has 0 spiro atoms. The van der Waals surface area contributed by atoms with Crippen molar-refractivity contribution in [2.75, 3.05) is 21.3 Å². The van der Waals surface area contributed by atoms with Gasteiger partial charge in [0.1, 0.15) is 18.1 Å². The molecule has 1 aliphatic carbocycles. The van der Waals surface area contributed by atoms with Gasteiger partial charge in [0.05, 0.1) is 37.8 Å². The lowest BCUT2D eigenvalue weighted by atomic mass is 9.91. The number of fused-ring (bicyclic) bond motifs is 1. The fourth-order valence-electron chi connectivity index (χ4n) is 4.62. The second kappa shape index (κ2) is 9.11. The van der Waals surface area contributed by atoms with E-state index in [1.165, 1.54) is 23.9 Å². The molecule has 1 aliphatic rings. The Labute approximate surface area is 207 Å². The van der Waals surface area contributed by atoms with Gasteiger partial charge in [-0.2, -0.15) is 5.10 Å². The maximum atomic E-state index is 14.0. The summed E-state index contributed by atoms with van der Waals surface area (Å²) in [6.07, 6.45) is 1.32. The van der Waals surface area contributed by atoms with Crippen LogP contribution < -0.4 is 19.8 Å². The molecule has 36 heavy (non-hydrogen) atoms. The Balaban J connectivity index is 1.59. The lowest BCUT2D eigenvalue weighted by molar-refractivity contribution is -0.122. The molecule has 3 aromatic carbocycles. The van der Waals surface area contributed by atoms with Crippen LogP contribution in [0.3, 0.4) is 0 Å². The summed E-state index contributed by atoms with van der Waals surface area (Å²) in [6, 6.07) is 16.5. The monoisotopic (exact) mass is 488 g/mol. The molecule has 0 radical (unpaired) electrons. The van der Waals surface area contributed by atoms with Crippen molar-refractivity contribution < 1.29 is 23.4 Å². The van der Waals surface area contributed by atoms with E-state index in [9.17, 15) is 14.0 Å². The van der Waals surface area contributed by atoms with E-state index in [1.807, 2.05) is 12.1 Å². The fraction of sp³-hybridized carbons (Fsp3) is 0.250. The van der Waals surface area contributed by atoms with Crippen molar-refractivity contribution in [2.24, 2.45) is 0 Å². The number of ketones is 1. The number of nitrogens with zero attached hydrogens (tertiary/aromatic N) is 2. The lowest BCUT2D eigenvalue weighted by Crippen LogP contribution is -2.32. The molecule has 4 aromatic rings. The summed E-state index contributed by atoms with van der Waals surface area (Å²) in [7, 11) is 4.61. The highest BCUT2D eigenvalue weighted by molar-refractivity contribution is 5.96. The molecule has 7 nitrogen and oxygen atoms in total. The smallest absolute Gasteiger partial charge is 0.275 e. The molecule has 0 N–H and O–H groups in total. The van der Waals surface area contributed by atoms with Gasteiger partial charge in [-0.3, -0.25) is 9.59 Å². The van der Waals surface area contributed by atoms with Crippen molar-refractivity contribution in [3.63, 3.8) is 0 Å². The van der Waals surface area contributed by atoms with E-state index < -0.39 is 16.8 Å². The summed E-state index contributed by atoms with van der Waals surface area (Å²) >= 11 is 0. The predicted molar refractivity (Wildman–Crippen MR) is 133 cm³/mol. The fourth-order valence-corrected chi connectivity index (χ4v) is 4.62. The van der Waals surface area contributed by atoms with Crippen LogP contribution in [-0.2, 0) is 16.8 Å². The minimum absolute atomic E-state index is 0.128. The van der Waals surface area contributed by atoms with Crippen molar-refractivity contribution in [3.05, 3.63) is 82.4 Å². The SMILES string of the molecule is COc1ccc2c(-c3cccc(F)c3)nn(CC(=O)C3(c4ccc(OC)c(OC)c4)CC3)c(=O)c2c1. The summed E-state index contributed by atoms with van der Waals surface area (Å²) in [4.78, 5) is 27.0. The third kappa shape index (κ3) is 3.98. The first-order chi connectivity index (χ1) is 17.4. The van der Waals surface area contributed by atoms with Gasteiger partial charge in [0.25, 0.3) is 5.56 Å². The van der Waals surface area contributed by atoms with Crippen LogP contribution in [0.4, 0.5) is 4.39 Å². The highest BCUT2D eigenvalue weighted by Crippen LogP contribution is 2.50. The minimum Gasteiger partial charge on any atom is -0.497 e. The molecule has 0 saturated heterocycles. The van der Waals surface area contributed by atoms with Crippen LogP contribution in [0.1, 0.15) is 18.4 Å². The number of hydrogen-bond donors (Lipinski definition) is 0. The van der Waals surface area contributed by atoms with Crippen molar-refractivity contribution in [3.8, 4) is 28.5 Å². The molecule has 1 saturated carbocycles. The normalized spacial score (nSPS) is 13.9. The maximum Gasteiger partial charge on any atom is 0.275 e. The van der Waals surface area contributed by atoms with Gasteiger partial charge in [-0.1, -0.05) is 18.2 Å². The average molecular weight is 489 g/mol. The Hall–Kier alpha value is -4.20. The van der Waals surface area contributed by atoms with Crippen molar-refractivity contribution in [1.29, 1.82) is 0 Å². The van der Waals surface area contributed by atoms with E-state index in [4.69, 9.17) is 14.2 Å². The quantitative estimate of drug-likeness (QED) is 0.363. The van der Waals surface area contributed by atoms with Crippen LogP contribution in [-0.4, -0.2) is 36.9 Å². The number of benzene rings is 3. The zero-order valence-electron chi connectivity index (χ0n) is 20.2. The average Bonchev–Trinajstić information content (AvgIpc) is 3.72. The number of carbonyl (C=O) groups is 1. The van der Waals surface area contributed by atoms with Crippen molar-refractivity contribution in [1.82, 2.24) is 9.78 Å². The highest BCUT2D eigenvalue weighted by atomic mass is 19.1. The minimum atomic E-state index is -0.719. The van der Waals surface area contributed by atoms with Crippen molar-refractivity contribution >= 4 is 16.6 Å². The first-order valence-corrected chi connectivity index (χ1v) is 11.5. The van der Waals surface area contributed by atoms with Gasteiger partial charge in [0.15, 0.2) is 17.3 Å². The van der Waals surface area contributed by atoms with Crippen LogP contribution in [0.5, 0.6) is 17.2 Å². The Morgan fingerprint density at radius 1 is 0.944 bits per heavy atom. The Morgan fingerprint density at radius 3 is 2.39 bits per heavy atom. The second-order valence-electron chi connectivity index (χ2n) is 8.81. The lowest BCUT2D eigenvalue weighted by Gasteiger charge is -2.18. The van der Waals surface area contributed by atoms with Gasteiger partial charge in [-0.15, -0.1) is 0 Å². The maximum absolute atomic E-state index is 14.0. The van der Waals surface area contributed by atoms with Gasteiger partial charge in [0, 0.05) is 10.9 Å². The standard InChI is InChI=1S/C28H25FN2O5/c1-34-20-8-9-21-22(15-20)27(33)31(30-26(21)17-5-4-6-19(29)13-17)16-25(32)28(11-12-28)18-7-10-23(35-2)24(14-18)36-3/h4-10,13-15H,11-12,16H2,1-3H3. The number of carbonyl (C=O) groups excluding carboxylic acids is 1. The van der Waals surface area contributed by atoms with Crippen LogP contribution in [0, 0.1) is 5.82 Å². The topological polar surface area (TPSA) is 79.7 Å². The molecule has 1 fully saturated rings. The number of rotatable bonds is 8. The van der Waals surface area contributed by atoms with Crippen LogP contribution in [0.2, 0.25) is 0 Å². The van der Waals surface area contributed by atoms with Gasteiger partial charge in [-0.25, -0.2) is 9.07 Å². The Bertz CT molecular complexity index is 1540. The molecule has 0 bridgehead atoms. The van der Waals surface area contributed by atoms with E-state index in [0.29, 0.717) is 52.1 Å². The molecule has 184 valence electrons. The number of methoxy groups -OCH3 is 3. The molecule has 8 heteroatoms. The van der Waals surface area contributed by atoms with Crippen LogP contribution in [0.25, 0.3) is 22.0 Å². The first-order valence-electron chi connectivity index (χ1n) is 11.5. The number of Topliss-reactive ketones (excluding diaryl/α,β-unsaturated/α-hetero) is 1. The number of halogens is 1. The van der Waals surface area contributed by atoms with Crippen LogP contribution in [0.15, 0.2) is 65.5 Å². The zero-order valence-corrected chi connectivity index (χ0v) is 20.2. The van der Waals surface area contributed by atoms with Crippen LogP contribution >= 0.6 is 0 Å². The highest BCUT2D eigenvalue weighted by Gasteiger charge is 2.51. The third-order valence-corrected chi connectivity index (χ3v) is 6.78. The molecular weight excluding hydrogens is 463 g/mol.